The number of nitrogens with zero attached hydrogens (tertiary/aromatic N) is 2. The van der Waals surface area contributed by atoms with Crippen LogP contribution in [-0.2, 0) is 16.4 Å². The first kappa shape index (κ1) is 15.1. The minimum Gasteiger partial charge on any atom is -0.442 e. The number of fused-ring (bicyclic) bond motifs is 1. The Labute approximate surface area is 122 Å². The van der Waals surface area contributed by atoms with Gasteiger partial charge in [-0.15, -0.1) is 0 Å². The minimum absolute atomic E-state index is 0.00326. The molecule has 0 spiro atoms. The van der Waals surface area contributed by atoms with E-state index >= 15 is 0 Å². The summed E-state index contributed by atoms with van der Waals surface area (Å²) in [4.78, 5) is 4.85. The van der Waals surface area contributed by atoms with Gasteiger partial charge < -0.3 is 4.42 Å². The zero-order chi connectivity index (χ0) is 15.5. The van der Waals surface area contributed by atoms with Gasteiger partial charge in [-0.1, -0.05) is 41.5 Å². The highest BCUT2D eigenvalue weighted by Crippen LogP contribution is 2.35. The molecule has 2 aromatic heterocycles. The maximum absolute atomic E-state index is 6.17. The lowest BCUT2D eigenvalue weighted by atomic mass is 9.93. The Hall–Kier alpha value is -1.25. The molecule has 0 aliphatic heterocycles. The van der Waals surface area contributed by atoms with E-state index in [0.29, 0.717) is 0 Å². The third kappa shape index (κ3) is 2.50. The minimum atomic E-state index is -0.0512. The molecule has 0 saturated carbocycles. The van der Waals surface area contributed by atoms with E-state index in [9.17, 15) is 0 Å². The average Bonchev–Trinajstić information content (AvgIpc) is 2.66. The van der Waals surface area contributed by atoms with Crippen LogP contribution in [0, 0.1) is 0 Å². The number of imidazole rings is 1. The highest BCUT2D eigenvalue weighted by Gasteiger charge is 2.32. The van der Waals surface area contributed by atoms with Crippen molar-refractivity contribution in [1.29, 1.82) is 0 Å². The summed E-state index contributed by atoms with van der Waals surface area (Å²) in [5.74, 6) is 2.08. The lowest BCUT2D eigenvalue weighted by Gasteiger charge is -2.28. The molecule has 2 rings (SSSR count). The van der Waals surface area contributed by atoms with Gasteiger partial charge in [-0.3, -0.25) is 4.57 Å². The molecule has 0 unspecified atom stereocenters. The molecule has 2 aromatic rings. The SMILES string of the molecule is CC(C)(C)c1cc2nc(C(C)(C)C)n(C(C)(C)C)c2o1. The maximum atomic E-state index is 6.17. The predicted molar refractivity (Wildman–Crippen MR) is 84.4 cm³/mol. The molecule has 0 aromatic carbocycles. The van der Waals surface area contributed by atoms with Crippen molar-refractivity contribution in [2.75, 3.05) is 0 Å². The Morgan fingerprint density at radius 3 is 1.85 bits per heavy atom. The van der Waals surface area contributed by atoms with Crippen LogP contribution >= 0.6 is 0 Å². The fraction of sp³-hybridized carbons (Fsp3) is 0.706. The van der Waals surface area contributed by atoms with Gasteiger partial charge in [-0.2, -0.15) is 0 Å². The highest BCUT2D eigenvalue weighted by molar-refractivity contribution is 5.72. The number of hydrogen-bond acceptors (Lipinski definition) is 2. The molecular weight excluding hydrogens is 248 g/mol. The van der Waals surface area contributed by atoms with Crippen LogP contribution in [0.2, 0.25) is 0 Å². The monoisotopic (exact) mass is 276 g/mol. The van der Waals surface area contributed by atoms with Gasteiger partial charge in [0, 0.05) is 22.4 Å². The zero-order valence-electron chi connectivity index (χ0n) is 14.4. The van der Waals surface area contributed by atoms with Crippen LogP contribution in [-0.4, -0.2) is 9.55 Å². The summed E-state index contributed by atoms with van der Waals surface area (Å²) in [6.07, 6.45) is 0. The predicted octanol–water partition coefficient (Wildman–Crippen LogP) is 4.98. The normalized spacial score (nSPS) is 14.2. The third-order valence-electron chi connectivity index (χ3n) is 3.42. The first-order valence-corrected chi connectivity index (χ1v) is 7.35. The molecule has 0 fully saturated rings. The smallest absolute Gasteiger partial charge is 0.227 e. The summed E-state index contributed by atoms with van der Waals surface area (Å²) < 4.78 is 8.41. The van der Waals surface area contributed by atoms with Crippen molar-refractivity contribution >= 4 is 11.2 Å². The van der Waals surface area contributed by atoms with E-state index in [2.05, 4.69) is 72.9 Å². The molecule has 0 aliphatic carbocycles. The Morgan fingerprint density at radius 2 is 1.45 bits per heavy atom. The standard InChI is InChI=1S/C17H28N2O/c1-15(2,3)12-10-11-13(20-12)19(17(7,8)9)14(18-11)16(4,5)6/h10H,1-9H3. The summed E-state index contributed by atoms with van der Waals surface area (Å²) in [5, 5.41) is 0. The number of hydrogen-bond donors (Lipinski definition) is 0. The van der Waals surface area contributed by atoms with Crippen LogP contribution in [0.15, 0.2) is 10.5 Å². The summed E-state index contributed by atoms with van der Waals surface area (Å²) in [5.41, 5.74) is 1.81. The molecule has 3 heteroatoms. The van der Waals surface area contributed by atoms with Gasteiger partial charge in [0.25, 0.3) is 0 Å². The van der Waals surface area contributed by atoms with Crippen LogP contribution in [0.4, 0.5) is 0 Å². The van der Waals surface area contributed by atoms with Gasteiger partial charge in [-0.25, -0.2) is 4.98 Å². The van der Waals surface area contributed by atoms with Gasteiger partial charge in [0.1, 0.15) is 17.1 Å². The van der Waals surface area contributed by atoms with Crippen molar-refractivity contribution in [3.63, 3.8) is 0 Å². The zero-order valence-corrected chi connectivity index (χ0v) is 14.4. The first-order chi connectivity index (χ1) is 8.82. The molecule has 0 N–H and O–H groups in total. The van der Waals surface area contributed by atoms with Crippen LogP contribution in [0.25, 0.3) is 11.2 Å². The van der Waals surface area contributed by atoms with Crippen molar-refractivity contribution in [2.24, 2.45) is 0 Å². The summed E-state index contributed by atoms with van der Waals surface area (Å²) in [6.45, 7) is 19.7. The van der Waals surface area contributed by atoms with Crippen LogP contribution in [0.1, 0.15) is 73.9 Å². The van der Waals surface area contributed by atoms with E-state index in [1.807, 2.05) is 0 Å². The van der Waals surface area contributed by atoms with Crippen molar-refractivity contribution in [3.8, 4) is 0 Å². The molecule has 2 heterocycles. The number of aromatic nitrogens is 2. The molecule has 112 valence electrons. The summed E-state index contributed by atoms with van der Waals surface area (Å²) in [7, 11) is 0. The second-order valence-electron chi connectivity index (χ2n) is 8.74. The first-order valence-electron chi connectivity index (χ1n) is 7.35. The third-order valence-corrected chi connectivity index (χ3v) is 3.42. The van der Waals surface area contributed by atoms with Gasteiger partial charge in [0.05, 0.1) is 0 Å². The molecule has 0 radical (unpaired) electrons. The van der Waals surface area contributed by atoms with E-state index in [1.54, 1.807) is 0 Å². The van der Waals surface area contributed by atoms with Crippen molar-refractivity contribution in [2.45, 2.75) is 78.7 Å². The molecular formula is C17H28N2O. The molecule has 20 heavy (non-hydrogen) atoms. The maximum Gasteiger partial charge on any atom is 0.227 e. The van der Waals surface area contributed by atoms with E-state index < -0.39 is 0 Å². The van der Waals surface area contributed by atoms with Crippen molar-refractivity contribution in [3.05, 3.63) is 17.7 Å². The Balaban J connectivity index is 2.77. The number of rotatable bonds is 0. The lowest BCUT2D eigenvalue weighted by Crippen LogP contribution is -2.29. The lowest BCUT2D eigenvalue weighted by molar-refractivity contribution is 0.335. The number of furan rings is 1. The Morgan fingerprint density at radius 1 is 0.900 bits per heavy atom. The molecule has 0 atom stereocenters. The van der Waals surface area contributed by atoms with Gasteiger partial charge in [0.15, 0.2) is 0 Å². The van der Waals surface area contributed by atoms with E-state index in [-0.39, 0.29) is 16.4 Å². The van der Waals surface area contributed by atoms with Crippen LogP contribution in [0.5, 0.6) is 0 Å². The molecule has 0 amide bonds. The van der Waals surface area contributed by atoms with Gasteiger partial charge in [0.2, 0.25) is 5.71 Å². The molecule has 0 bridgehead atoms. The van der Waals surface area contributed by atoms with E-state index in [4.69, 9.17) is 9.40 Å². The van der Waals surface area contributed by atoms with Crippen LogP contribution < -0.4 is 0 Å². The fourth-order valence-corrected chi connectivity index (χ4v) is 2.37. The molecule has 3 nitrogen and oxygen atoms in total. The summed E-state index contributed by atoms with van der Waals surface area (Å²) in [6, 6.07) is 2.09. The fourth-order valence-electron chi connectivity index (χ4n) is 2.37. The highest BCUT2D eigenvalue weighted by atomic mass is 16.3. The van der Waals surface area contributed by atoms with Crippen molar-refractivity contribution in [1.82, 2.24) is 9.55 Å². The quantitative estimate of drug-likeness (QED) is 0.679. The van der Waals surface area contributed by atoms with Gasteiger partial charge >= 0.3 is 0 Å². The second kappa shape index (κ2) is 4.12. The second-order valence-corrected chi connectivity index (χ2v) is 8.74. The Kier molecular flexibility index (Phi) is 3.12. The van der Waals surface area contributed by atoms with E-state index in [1.165, 1.54) is 0 Å². The topological polar surface area (TPSA) is 31.0 Å². The largest absolute Gasteiger partial charge is 0.442 e. The van der Waals surface area contributed by atoms with E-state index in [0.717, 1.165) is 22.8 Å². The molecule has 0 saturated heterocycles. The molecule has 0 aliphatic rings. The summed E-state index contributed by atoms with van der Waals surface area (Å²) >= 11 is 0. The van der Waals surface area contributed by atoms with Crippen LogP contribution in [0.3, 0.4) is 0 Å². The Bertz CT molecular complexity index is 625. The van der Waals surface area contributed by atoms with Crippen molar-refractivity contribution < 1.29 is 4.42 Å². The average molecular weight is 276 g/mol. The van der Waals surface area contributed by atoms with Gasteiger partial charge in [-0.05, 0) is 20.8 Å².